The van der Waals surface area contributed by atoms with Gasteiger partial charge < -0.3 is 5.32 Å². The Balaban J connectivity index is 0. The van der Waals surface area contributed by atoms with Gasteiger partial charge in [0.15, 0.2) is 0 Å². The smallest absolute Gasteiger partial charge is 0.132 e. The molecule has 0 amide bonds. The molecule has 0 aromatic carbocycles. The Bertz CT molecular complexity index is 128. The molecule has 0 saturated heterocycles. The first-order chi connectivity index (χ1) is 6.31. The average molecular weight is 235 g/mol. The Morgan fingerprint density at radius 1 is 1.07 bits per heavy atom. The predicted molar refractivity (Wildman–Crippen MR) is 57.2 cm³/mol. The summed E-state index contributed by atoms with van der Waals surface area (Å²) in [5, 5.41) is 4.04. The molecule has 0 fully saturated rings. The van der Waals surface area contributed by atoms with E-state index >= 15 is 0 Å². The molecule has 0 rings (SSSR count). The summed E-state index contributed by atoms with van der Waals surface area (Å²) in [6.07, 6.45) is 7.50. The van der Waals surface area contributed by atoms with Crippen molar-refractivity contribution in [2.24, 2.45) is 0 Å². The maximum Gasteiger partial charge on any atom is 0.132 e. The van der Waals surface area contributed by atoms with E-state index in [1.165, 1.54) is 25.7 Å². The molecule has 0 aliphatic carbocycles. The van der Waals surface area contributed by atoms with Crippen LogP contribution in [0.5, 0.6) is 0 Å². The van der Waals surface area contributed by atoms with E-state index in [0.717, 1.165) is 19.4 Å². The van der Waals surface area contributed by atoms with E-state index in [2.05, 4.69) is 5.32 Å². The van der Waals surface area contributed by atoms with E-state index < -0.39 is 0 Å². The van der Waals surface area contributed by atoms with Crippen LogP contribution >= 0.6 is 0 Å². The molecule has 14 heavy (non-hydrogen) atoms. The normalized spacial score (nSPS) is 9.57. The molecule has 0 N–H and O–H groups in total. The SMILES string of the molecule is CCC(=O)CCCCCCC[N-]C.[V]. The van der Waals surface area contributed by atoms with E-state index in [4.69, 9.17) is 0 Å². The van der Waals surface area contributed by atoms with Crippen LogP contribution in [0.2, 0.25) is 0 Å². The van der Waals surface area contributed by atoms with Gasteiger partial charge in [0.2, 0.25) is 0 Å². The summed E-state index contributed by atoms with van der Waals surface area (Å²) in [5.74, 6) is 0.406. The monoisotopic (exact) mass is 235 g/mol. The van der Waals surface area contributed by atoms with Crippen LogP contribution in [0, 0.1) is 0 Å². The van der Waals surface area contributed by atoms with Gasteiger partial charge in [-0.2, -0.15) is 7.05 Å². The second-order valence-corrected chi connectivity index (χ2v) is 3.45. The van der Waals surface area contributed by atoms with Gasteiger partial charge in [0.25, 0.3) is 0 Å². The second kappa shape index (κ2) is 13.2. The third-order valence-corrected chi connectivity index (χ3v) is 2.23. The van der Waals surface area contributed by atoms with Crippen LogP contribution in [0.4, 0.5) is 0 Å². The second-order valence-electron chi connectivity index (χ2n) is 3.45. The molecule has 0 aliphatic heterocycles. The number of unbranched alkanes of at least 4 members (excludes halogenated alkanes) is 4. The van der Waals surface area contributed by atoms with Gasteiger partial charge in [0, 0.05) is 31.4 Å². The van der Waals surface area contributed by atoms with Crippen LogP contribution in [0.15, 0.2) is 0 Å². The van der Waals surface area contributed by atoms with Crippen LogP contribution < -0.4 is 0 Å². The van der Waals surface area contributed by atoms with Gasteiger partial charge in [-0.05, 0) is 6.42 Å². The fourth-order valence-corrected chi connectivity index (χ4v) is 1.30. The molecule has 0 saturated carbocycles. The Morgan fingerprint density at radius 3 is 2.21 bits per heavy atom. The van der Waals surface area contributed by atoms with Crippen molar-refractivity contribution in [3.8, 4) is 0 Å². The summed E-state index contributed by atoms with van der Waals surface area (Å²) >= 11 is 0. The Labute approximate surface area is 100 Å². The number of ketones is 1. The molecule has 83 valence electrons. The zero-order valence-electron chi connectivity index (χ0n) is 9.46. The molecule has 0 atom stereocenters. The van der Waals surface area contributed by atoms with Crippen molar-refractivity contribution in [2.75, 3.05) is 13.6 Å². The van der Waals surface area contributed by atoms with Crippen LogP contribution in [-0.4, -0.2) is 19.4 Å². The van der Waals surface area contributed by atoms with Crippen molar-refractivity contribution >= 4 is 5.78 Å². The molecule has 0 spiro atoms. The van der Waals surface area contributed by atoms with Gasteiger partial charge in [0.1, 0.15) is 5.78 Å². The molecule has 2 nitrogen and oxygen atoms in total. The summed E-state index contributed by atoms with van der Waals surface area (Å²) in [5.41, 5.74) is 0. The van der Waals surface area contributed by atoms with Crippen molar-refractivity contribution in [1.82, 2.24) is 0 Å². The summed E-state index contributed by atoms with van der Waals surface area (Å²) < 4.78 is 0. The van der Waals surface area contributed by atoms with Crippen LogP contribution in [0.1, 0.15) is 51.9 Å². The summed E-state index contributed by atoms with van der Waals surface area (Å²) in [4.78, 5) is 10.9. The van der Waals surface area contributed by atoms with Crippen LogP contribution in [0.25, 0.3) is 5.32 Å². The van der Waals surface area contributed by atoms with Crippen LogP contribution in [0.3, 0.4) is 0 Å². The van der Waals surface area contributed by atoms with Crippen molar-refractivity contribution in [3.63, 3.8) is 0 Å². The van der Waals surface area contributed by atoms with Crippen molar-refractivity contribution in [2.45, 2.75) is 51.9 Å². The number of nitrogens with zero attached hydrogens (tertiary/aromatic N) is 1. The van der Waals surface area contributed by atoms with Gasteiger partial charge in [-0.1, -0.05) is 32.6 Å². The number of rotatable bonds is 9. The summed E-state index contributed by atoms with van der Waals surface area (Å²) in [6.45, 7) is 2.93. The molecule has 0 aromatic heterocycles. The molecule has 0 aromatic rings. The maximum atomic E-state index is 10.9. The summed E-state index contributed by atoms with van der Waals surface area (Å²) in [6, 6.07) is 0. The summed E-state index contributed by atoms with van der Waals surface area (Å²) in [7, 11) is 1.86. The molecule has 0 bridgehead atoms. The van der Waals surface area contributed by atoms with Crippen molar-refractivity contribution < 1.29 is 23.4 Å². The molecule has 0 heterocycles. The average Bonchev–Trinajstić information content (AvgIpc) is 2.16. The van der Waals surface area contributed by atoms with Gasteiger partial charge in [0.05, 0.1) is 0 Å². The molecular formula is C11H22NOV-. The minimum absolute atomic E-state index is 0. The quantitative estimate of drug-likeness (QED) is 0.564. The predicted octanol–water partition coefficient (Wildman–Crippen LogP) is 3.31. The third-order valence-electron chi connectivity index (χ3n) is 2.23. The topological polar surface area (TPSA) is 31.2 Å². The van der Waals surface area contributed by atoms with Gasteiger partial charge in [-0.15, -0.1) is 6.54 Å². The van der Waals surface area contributed by atoms with E-state index in [0.29, 0.717) is 12.2 Å². The first kappa shape index (κ1) is 16.6. The Kier molecular flexibility index (Phi) is 15.7. The fourth-order valence-electron chi connectivity index (χ4n) is 1.30. The van der Waals surface area contributed by atoms with E-state index in [-0.39, 0.29) is 18.6 Å². The number of hydrogen-bond donors (Lipinski definition) is 0. The zero-order valence-corrected chi connectivity index (χ0v) is 10.9. The molecule has 0 aliphatic rings. The molecular weight excluding hydrogens is 213 g/mol. The Hall–Kier alpha value is 0.214. The van der Waals surface area contributed by atoms with E-state index in [1.54, 1.807) is 0 Å². The first-order valence-corrected chi connectivity index (χ1v) is 5.38. The van der Waals surface area contributed by atoms with Crippen molar-refractivity contribution in [1.29, 1.82) is 0 Å². The minimum atomic E-state index is 0. The molecule has 1 radical (unpaired) electrons. The fraction of sp³-hybridized carbons (Fsp3) is 0.909. The largest absolute Gasteiger partial charge is 0.665 e. The number of hydrogen-bond acceptors (Lipinski definition) is 1. The minimum Gasteiger partial charge on any atom is -0.665 e. The number of Topliss-reactive ketones (excluding diaryl/α,β-unsaturated/α-hetero) is 1. The Morgan fingerprint density at radius 2 is 1.64 bits per heavy atom. The van der Waals surface area contributed by atoms with E-state index in [9.17, 15) is 4.79 Å². The standard InChI is InChI=1S/C11H22NO.V/c1-3-11(13)9-7-5-4-6-8-10-12-2;/h3-10H2,1-2H3;/q-1;. The first-order valence-electron chi connectivity index (χ1n) is 5.38. The van der Waals surface area contributed by atoms with Gasteiger partial charge in [-0.25, -0.2) is 0 Å². The molecule has 0 unspecified atom stereocenters. The third kappa shape index (κ3) is 12.2. The van der Waals surface area contributed by atoms with Crippen molar-refractivity contribution in [3.05, 3.63) is 5.32 Å². The number of carbonyl (C=O) groups excluding carboxylic acids is 1. The van der Waals surface area contributed by atoms with Crippen LogP contribution in [-0.2, 0) is 23.4 Å². The van der Waals surface area contributed by atoms with E-state index in [1.807, 2.05) is 14.0 Å². The van der Waals surface area contributed by atoms with Gasteiger partial charge in [-0.3, -0.25) is 4.79 Å². The van der Waals surface area contributed by atoms with Gasteiger partial charge >= 0.3 is 0 Å². The molecule has 3 heteroatoms. The maximum absolute atomic E-state index is 10.9. The number of carbonyl (C=O) groups is 1. The zero-order chi connectivity index (χ0) is 9.94.